The van der Waals surface area contributed by atoms with Gasteiger partial charge in [-0.1, -0.05) is 43.2 Å². The maximum absolute atomic E-state index is 13.3. The third-order valence-electron chi connectivity index (χ3n) is 14.0. The van der Waals surface area contributed by atoms with Gasteiger partial charge in [-0.25, -0.2) is 0 Å². The van der Waals surface area contributed by atoms with Crippen LogP contribution >= 0.6 is 0 Å². The van der Waals surface area contributed by atoms with E-state index in [1.165, 1.54) is 0 Å². The average Bonchev–Trinajstić information content (AvgIpc) is 3.68. The Labute approximate surface area is 388 Å². The number of aromatic nitrogens is 3. The molecular weight excluding hydrogens is 833 g/mol. The molecular formula is C51H64N10O5. The lowest BCUT2D eigenvalue weighted by molar-refractivity contribution is -0.137. The molecule has 4 saturated heterocycles. The summed E-state index contributed by atoms with van der Waals surface area (Å²) in [4.78, 5) is 77.6. The quantitative estimate of drug-likeness (QED) is 0.0889. The van der Waals surface area contributed by atoms with Crippen molar-refractivity contribution >= 4 is 41.4 Å². The van der Waals surface area contributed by atoms with E-state index in [0.717, 1.165) is 152 Å². The highest BCUT2D eigenvalue weighted by molar-refractivity contribution is 6.05. The number of benzene rings is 1. The number of anilines is 1. The van der Waals surface area contributed by atoms with E-state index in [1.807, 2.05) is 47.4 Å². The van der Waals surface area contributed by atoms with E-state index in [0.29, 0.717) is 42.7 Å². The lowest BCUT2D eigenvalue weighted by Gasteiger charge is -2.43. The molecule has 0 spiro atoms. The van der Waals surface area contributed by atoms with Crippen molar-refractivity contribution < 1.29 is 24.0 Å². The number of nitrogens with one attached hydrogen (secondary N) is 2. The minimum absolute atomic E-state index is 0.0338. The second kappa shape index (κ2) is 23.0. The normalized spacial score (nSPS) is 20.0. The van der Waals surface area contributed by atoms with Crippen LogP contribution in [-0.2, 0) is 20.9 Å². The molecule has 5 aliphatic rings. The molecule has 0 saturated carbocycles. The highest BCUT2D eigenvalue weighted by Crippen LogP contribution is 2.29. The third-order valence-corrected chi connectivity index (χ3v) is 14.0. The van der Waals surface area contributed by atoms with Crippen LogP contribution in [0, 0.1) is 17.8 Å². The molecule has 7 heterocycles. The Hall–Kier alpha value is -5.98. The van der Waals surface area contributed by atoms with E-state index in [-0.39, 0.29) is 30.0 Å². The summed E-state index contributed by atoms with van der Waals surface area (Å²) in [5, 5.41) is 14.2. The first-order valence-electron chi connectivity index (χ1n) is 24.2. The Morgan fingerprint density at radius 2 is 1.68 bits per heavy atom. The van der Waals surface area contributed by atoms with Gasteiger partial charge in [-0.2, -0.15) is 0 Å². The molecule has 1 unspecified atom stereocenters. The van der Waals surface area contributed by atoms with Crippen LogP contribution in [0.4, 0.5) is 5.82 Å². The highest BCUT2D eigenvalue weighted by atomic mass is 16.2. The smallest absolute Gasteiger partial charge is 0.274 e. The Morgan fingerprint density at radius 3 is 2.44 bits per heavy atom. The number of amides is 5. The molecule has 4 fully saturated rings. The van der Waals surface area contributed by atoms with Crippen molar-refractivity contribution in [3.8, 4) is 11.8 Å². The summed E-state index contributed by atoms with van der Waals surface area (Å²) >= 11 is 0. The SMILES string of the molecule is O=C(/C=C/c1cccnc1)NCCCCC1CCN(C(=O)c2ccc(N3CCC(N4CCN(CCCCCC#Cc5ccc6c(c5)C(=O)N(C5CCC(=O)NC5=O)C6)CC4)CC3)nn2)CC1. The Bertz CT molecular complexity index is 2250. The van der Waals surface area contributed by atoms with Crippen LogP contribution in [0.5, 0.6) is 0 Å². The molecule has 0 bridgehead atoms. The molecule has 2 N–H and O–H groups in total. The first-order chi connectivity index (χ1) is 32.3. The van der Waals surface area contributed by atoms with Gasteiger partial charge in [-0.3, -0.25) is 39.2 Å². The Kier molecular flexibility index (Phi) is 16.2. The number of imide groups is 1. The van der Waals surface area contributed by atoms with Crippen LogP contribution in [0.1, 0.15) is 121 Å². The molecule has 5 amide bonds. The number of piperazine rings is 1. The molecule has 1 aromatic carbocycles. The van der Waals surface area contributed by atoms with Crippen LogP contribution in [0.15, 0.2) is 60.9 Å². The van der Waals surface area contributed by atoms with Gasteiger partial charge >= 0.3 is 0 Å². The molecule has 0 aliphatic carbocycles. The van der Waals surface area contributed by atoms with Crippen LogP contribution in [0.25, 0.3) is 6.08 Å². The lowest BCUT2D eigenvalue weighted by atomic mass is 9.91. The lowest BCUT2D eigenvalue weighted by Crippen LogP contribution is -2.53. The third kappa shape index (κ3) is 12.5. The maximum atomic E-state index is 13.3. The van der Waals surface area contributed by atoms with Crippen molar-refractivity contribution in [1.82, 2.24) is 45.4 Å². The largest absolute Gasteiger partial charge is 0.355 e. The zero-order chi connectivity index (χ0) is 45.7. The van der Waals surface area contributed by atoms with Crippen molar-refractivity contribution in [3.63, 3.8) is 0 Å². The molecule has 1 atom stereocenters. The predicted molar refractivity (Wildman–Crippen MR) is 252 cm³/mol. The van der Waals surface area contributed by atoms with E-state index in [2.05, 4.69) is 52.4 Å². The van der Waals surface area contributed by atoms with Crippen LogP contribution in [0.3, 0.4) is 0 Å². The van der Waals surface area contributed by atoms with Crippen LogP contribution < -0.4 is 15.5 Å². The molecule has 3 aromatic rings. The van der Waals surface area contributed by atoms with Gasteiger partial charge < -0.3 is 24.9 Å². The summed E-state index contributed by atoms with van der Waals surface area (Å²) in [5.41, 5.74) is 3.62. The van der Waals surface area contributed by atoms with Crippen molar-refractivity contribution in [2.75, 3.05) is 70.3 Å². The number of hydrogen-bond acceptors (Lipinski definition) is 11. The minimum Gasteiger partial charge on any atom is -0.355 e. The van der Waals surface area contributed by atoms with E-state index in [1.54, 1.807) is 29.4 Å². The molecule has 2 aromatic heterocycles. The van der Waals surface area contributed by atoms with Gasteiger partial charge in [0, 0.05) is 114 Å². The standard InChI is InChI=1S/C51H64N10O5/c62-47(18-13-40-11-8-24-52-36-40)53-25-6-5-9-38-20-27-60(28-21-38)51(66)44-15-17-46(56-55-44)59-29-22-42(23-30-59)58-33-31-57(32-34-58)26-7-3-1-2-4-10-39-12-14-41-37-61(50(65)43(41)35-39)45-16-19-48(63)54-49(45)64/h8,11-15,17-18,24,35-36,38,42,45H,1-3,5-7,9,16,19-23,25-34,37H2,(H,53,62)(H,54,63,64)/b18-13+. The van der Waals surface area contributed by atoms with E-state index >= 15 is 0 Å². The number of rotatable bonds is 16. The van der Waals surface area contributed by atoms with Crippen molar-refractivity contribution in [2.45, 2.75) is 102 Å². The number of piperidine rings is 3. The molecule has 348 valence electrons. The number of likely N-dealkylation sites (tertiary alicyclic amines) is 1. The van der Waals surface area contributed by atoms with Gasteiger partial charge in [0.05, 0.1) is 0 Å². The number of carbonyl (C=O) groups is 5. The zero-order valence-corrected chi connectivity index (χ0v) is 38.2. The van der Waals surface area contributed by atoms with Gasteiger partial charge in [-0.15, -0.1) is 10.2 Å². The molecule has 15 heteroatoms. The van der Waals surface area contributed by atoms with Gasteiger partial charge in [0.25, 0.3) is 11.8 Å². The summed E-state index contributed by atoms with van der Waals surface area (Å²) in [7, 11) is 0. The summed E-state index contributed by atoms with van der Waals surface area (Å²) < 4.78 is 0. The summed E-state index contributed by atoms with van der Waals surface area (Å²) in [5.74, 6) is 6.99. The monoisotopic (exact) mass is 897 g/mol. The molecule has 15 nitrogen and oxygen atoms in total. The number of hydrogen-bond donors (Lipinski definition) is 2. The number of unbranched alkanes of at least 4 members (excludes halogenated alkanes) is 4. The van der Waals surface area contributed by atoms with Crippen molar-refractivity contribution in [2.24, 2.45) is 5.92 Å². The van der Waals surface area contributed by atoms with E-state index in [9.17, 15) is 24.0 Å². The fourth-order valence-corrected chi connectivity index (χ4v) is 10.0. The zero-order valence-electron chi connectivity index (χ0n) is 38.2. The molecule has 0 radical (unpaired) electrons. The van der Waals surface area contributed by atoms with Crippen molar-refractivity contribution in [3.05, 3.63) is 88.9 Å². The van der Waals surface area contributed by atoms with Gasteiger partial charge in [0.1, 0.15) is 6.04 Å². The Balaban J connectivity index is 0.655. The fraction of sp³-hybridized carbons (Fsp3) is 0.529. The van der Waals surface area contributed by atoms with Crippen LogP contribution in [-0.4, -0.2) is 142 Å². The summed E-state index contributed by atoms with van der Waals surface area (Å²) in [6.07, 6.45) is 18.8. The highest BCUT2D eigenvalue weighted by Gasteiger charge is 2.39. The van der Waals surface area contributed by atoms with Gasteiger partial charge in [0.15, 0.2) is 11.5 Å². The molecule has 5 aliphatic heterocycles. The summed E-state index contributed by atoms with van der Waals surface area (Å²) in [6.45, 7) is 9.91. The fourth-order valence-electron chi connectivity index (χ4n) is 10.0. The maximum Gasteiger partial charge on any atom is 0.274 e. The number of nitrogens with zero attached hydrogens (tertiary/aromatic N) is 8. The average molecular weight is 897 g/mol. The number of carbonyl (C=O) groups excluding carboxylic acids is 5. The predicted octanol–water partition coefficient (Wildman–Crippen LogP) is 4.68. The minimum atomic E-state index is -0.607. The number of fused-ring (bicyclic) bond motifs is 1. The Morgan fingerprint density at radius 1 is 0.848 bits per heavy atom. The second-order valence-electron chi connectivity index (χ2n) is 18.4. The van der Waals surface area contributed by atoms with Crippen molar-refractivity contribution in [1.29, 1.82) is 0 Å². The van der Waals surface area contributed by atoms with E-state index in [4.69, 9.17) is 0 Å². The van der Waals surface area contributed by atoms with E-state index < -0.39 is 11.9 Å². The molecule has 66 heavy (non-hydrogen) atoms. The van der Waals surface area contributed by atoms with Gasteiger partial charge in [-0.05, 0) is 111 Å². The topological polar surface area (TPSA) is 164 Å². The summed E-state index contributed by atoms with van der Waals surface area (Å²) in [6, 6.07) is 13.3. The first kappa shape index (κ1) is 46.5. The first-order valence-corrected chi connectivity index (χ1v) is 24.2. The molecule has 8 rings (SSSR count). The second-order valence-corrected chi connectivity index (χ2v) is 18.4. The van der Waals surface area contributed by atoms with Gasteiger partial charge in [0.2, 0.25) is 17.7 Å². The number of pyridine rings is 1. The van der Waals surface area contributed by atoms with Crippen LogP contribution in [0.2, 0.25) is 0 Å².